The summed E-state index contributed by atoms with van der Waals surface area (Å²) in [5, 5.41) is 22.1. The van der Waals surface area contributed by atoms with Gasteiger partial charge in [-0.3, -0.25) is 4.90 Å². The molecule has 4 heteroatoms. The van der Waals surface area contributed by atoms with Crippen molar-refractivity contribution in [1.82, 2.24) is 10.2 Å². The highest BCUT2D eigenvalue weighted by molar-refractivity contribution is 4.90. The standard InChI is InChI=1S/C9H18N2O2/c12-7-1-3-11(4-2-7)8-5-10-6-9(8)13/h7-10,12-13H,1-6H2/t8-,9+/m1/s1. The van der Waals surface area contributed by atoms with E-state index >= 15 is 0 Å². The molecule has 0 unspecified atom stereocenters. The van der Waals surface area contributed by atoms with Gasteiger partial charge in [0.15, 0.2) is 0 Å². The van der Waals surface area contributed by atoms with E-state index in [4.69, 9.17) is 0 Å². The summed E-state index contributed by atoms with van der Waals surface area (Å²) in [6, 6.07) is 0.271. The van der Waals surface area contributed by atoms with Gasteiger partial charge in [-0.2, -0.15) is 0 Å². The minimum atomic E-state index is -0.227. The predicted octanol–water partition coefficient (Wildman–Crippen LogP) is -1.22. The molecule has 0 aromatic heterocycles. The Morgan fingerprint density at radius 1 is 1.08 bits per heavy atom. The van der Waals surface area contributed by atoms with Crippen molar-refractivity contribution in [2.24, 2.45) is 0 Å². The molecule has 4 nitrogen and oxygen atoms in total. The minimum absolute atomic E-state index is 0.122. The Labute approximate surface area is 78.5 Å². The monoisotopic (exact) mass is 186 g/mol. The Hall–Kier alpha value is -0.160. The first-order valence-electron chi connectivity index (χ1n) is 5.08. The van der Waals surface area contributed by atoms with Crippen molar-refractivity contribution in [3.05, 3.63) is 0 Å². The number of likely N-dealkylation sites (tertiary alicyclic amines) is 1. The van der Waals surface area contributed by atoms with Crippen LogP contribution < -0.4 is 5.32 Å². The van der Waals surface area contributed by atoms with E-state index in [1.54, 1.807) is 0 Å². The zero-order chi connectivity index (χ0) is 9.26. The van der Waals surface area contributed by atoms with Gasteiger partial charge in [-0.15, -0.1) is 0 Å². The molecule has 76 valence electrons. The first kappa shape index (κ1) is 9.40. The number of aliphatic hydroxyl groups excluding tert-OH is 2. The zero-order valence-electron chi connectivity index (χ0n) is 7.82. The van der Waals surface area contributed by atoms with Crippen LogP contribution in [0.25, 0.3) is 0 Å². The van der Waals surface area contributed by atoms with Gasteiger partial charge in [0, 0.05) is 32.2 Å². The fourth-order valence-electron chi connectivity index (χ4n) is 2.24. The maximum atomic E-state index is 9.64. The van der Waals surface area contributed by atoms with Crippen LogP contribution in [-0.4, -0.2) is 59.5 Å². The van der Waals surface area contributed by atoms with Gasteiger partial charge >= 0.3 is 0 Å². The lowest BCUT2D eigenvalue weighted by Gasteiger charge is -2.35. The molecule has 0 amide bonds. The van der Waals surface area contributed by atoms with Crippen LogP contribution in [0, 0.1) is 0 Å². The van der Waals surface area contributed by atoms with Gasteiger partial charge in [0.2, 0.25) is 0 Å². The summed E-state index contributed by atoms with van der Waals surface area (Å²) in [6.07, 6.45) is 1.35. The number of hydrogen-bond acceptors (Lipinski definition) is 4. The number of piperidine rings is 1. The highest BCUT2D eigenvalue weighted by Gasteiger charge is 2.32. The number of rotatable bonds is 1. The fraction of sp³-hybridized carbons (Fsp3) is 1.00. The smallest absolute Gasteiger partial charge is 0.0831 e. The lowest BCUT2D eigenvalue weighted by atomic mass is 10.0. The van der Waals surface area contributed by atoms with Gasteiger partial charge in [-0.25, -0.2) is 0 Å². The second-order valence-electron chi connectivity index (χ2n) is 4.06. The molecular weight excluding hydrogens is 168 g/mol. The van der Waals surface area contributed by atoms with E-state index in [9.17, 15) is 10.2 Å². The average molecular weight is 186 g/mol. The summed E-state index contributed by atoms with van der Waals surface area (Å²) in [4.78, 5) is 2.29. The van der Waals surface area contributed by atoms with E-state index in [1.165, 1.54) is 0 Å². The van der Waals surface area contributed by atoms with Gasteiger partial charge in [0.25, 0.3) is 0 Å². The first-order chi connectivity index (χ1) is 6.27. The molecule has 2 atom stereocenters. The summed E-state index contributed by atoms with van der Waals surface area (Å²) < 4.78 is 0. The number of nitrogens with zero attached hydrogens (tertiary/aromatic N) is 1. The topological polar surface area (TPSA) is 55.7 Å². The molecule has 2 saturated heterocycles. The number of nitrogens with one attached hydrogen (secondary N) is 1. The van der Waals surface area contributed by atoms with Crippen molar-refractivity contribution in [2.75, 3.05) is 26.2 Å². The van der Waals surface area contributed by atoms with Crippen molar-refractivity contribution >= 4 is 0 Å². The third-order valence-electron chi connectivity index (χ3n) is 3.12. The van der Waals surface area contributed by atoms with Gasteiger partial charge in [0.05, 0.1) is 12.2 Å². The lowest BCUT2D eigenvalue weighted by Crippen LogP contribution is -2.48. The summed E-state index contributed by atoms with van der Waals surface area (Å²) in [7, 11) is 0. The molecule has 3 N–H and O–H groups in total. The van der Waals surface area contributed by atoms with Crippen LogP contribution in [0.3, 0.4) is 0 Å². The third kappa shape index (κ3) is 2.02. The van der Waals surface area contributed by atoms with Crippen molar-refractivity contribution in [3.63, 3.8) is 0 Å². The Kier molecular flexibility index (Phi) is 2.83. The van der Waals surface area contributed by atoms with Gasteiger partial charge in [-0.1, -0.05) is 0 Å². The number of β-amino-alcohol motifs (C(OH)–C–C–N with tert-alkyl or cyclic N) is 1. The number of aliphatic hydroxyl groups is 2. The van der Waals surface area contributed by atoms with Crippen LogP contribution in [0.15, 0.2) is 0 Å². The second kappa shape index (κ2) is 3.92. The molecule has 0 aliphatic carbocycles. The van der Waals surface area contributed by atoms with E-state index in [0.29, 0.717) is 6.54 Å². The van der Waals surface area contributed by atoms with Crippen LogP contribution in [0.4, 0.5) is 0 Å². The van der Waals surface area contributed by atoms with Gasteiger partial charge in [0.1, 0.15) is 0 Å². The predicted molar refractivity (Wildman–Crippen MR) is 49.5 cm³/mol. The van der Waals surface area contributed by atoms with E-state index in [0.717, 1.165) is 32.5 Å². The Balaban J connectivity index is 1.86. The molecule has 13 heavy (non-hydrogen) atoms. The molecule has 2 fully saturated rings. The molecule has 0 aromatic rings. The van der Waals surface area contributed by atoms with Crippen LogP contribution in [0.5, 0.6) is 0 Å². The lowest BCUT2D eigenvalue weighted by molar-refractivity contribution is 0.0282. The van der Waals surface area contributed by atoms with Crippen LogP contribution >= 0.6 is 0 Å². The normalized spacial score (nSPS) is 38.3. The Morgan fingerprint density at radius 3 is 2.31 bits per heavy atom. The molecular formula is C9H18N2O2. The van der Waals surface area contributed by atoms with Crippen LogP contribution in [0.1, 0.15) is 12.8 Å². The summed E-state index contributed by atoms with van der Waals surface area (Å²) in [5.41, 5.74) is 0. The van der Waals surface area contributed by atoms with E-state index < -0.39 is 0 Å². The zero-order valence-corrected chi connectivity index (χ0v) is 7.82. The van der Waals surface area contributed by atoms with Crippen LogP contribution in [-0.2, 0) is 0 Å². The average Bonchev–Trinajstić information content (AvgIpc) is 2.53. The van der Waals surface area contributed by atoms with E-state index in [-0.39, 0.29) is 18.2 Å². The molecule has 0 bridgehead atoms. The quantitative estimate of drug-likeness (QED) is 0.480. The molecule has 2 aliphatic rings. The summed E-state index contributed by atoms with van der Waals surface area (Å²) in [6.45, 7) is 3.44. The largest absolute Gasteiger partial charge is 0.393 e. The summed E-state index contributed by atoms with van der Waals surface area (Å²) in [5.74, 6) is 0. The Morgan fingerprint density at radius 2 is 1.77 bits per heavy atom. The molecule has 0 saturated carbocycles. The highest BCUT2D eigenvalue weighted by Crippen LogP contribution is 2.16. The van der Waals surface area contributed by atoms with Gasteiger partial charge in [-0.05, 0) is 12.8 Å². The second-order valence-corrected chi connectivity index (χ2v) is 4.06. The molecule has 2 aliphatic heterocycles. The maximum absolute atomic E-state index is 9.64. The van der Waals surface area contributed by atoms with Crippen molar-refractivity contribution < 1.29 is 10.2 Å². The summed E-state index contributed by atoms with van der Waals surface area (Å²) >= 11 is 0. The molecule has 2 heterocycles. The number of hydrogen-bond donors (Lipinski definition) is 3. The maximum Gasteiger partial charge on any atom is 0.0831 e. The highest BCUT2D eigenvalue weighted by atomic mass is 16.3. The fourth-order valence-corrected chi connectivity index (χ4v) is 2.24. The SMILES string of the molecule is OC1CCN([C@@H]2CNC[C@@H]2O)CC1. The minimum Gasteiger partial charge on any atom is -0.393 e. The van der Waals surface area contributed by atoms with Crippen LogP contribution in [0.2, 0.25) is 0 Å². The first-order valence-corrected chi connectivity index (χ1v) is 5.08. The molecule has 0 aromatic carbocycles. The molecule has 0 radical (unpaired) electrons. The molecule has 0 spiro atoms. The van der Waals surface area contributed by atoms with Gasteiger partial charge < -0.3 is 15.5 Å². The van der Waals surface area contributed by atoms with E-state index in [2.05, 4.69) is 10.2 Å². The van der Waals surface area contributed by atoms with Crippen molar-refractivity contribution in [1.29, 1.82) is 0 Å². The van der Waals surface area contributed by atoms with Crippen molar-refractivity contribution in [3.8, 4) is 0 Å². The third-order valence-corrected chi connectivity index (χ3v) is 3.12. The van der Waals surface area contributed by atoms with Crippen molar-refractivity contribution in [2.45, 2.75) is 31.1 Å². The Bertz CT molecular complexity index is 169. The van der Waals surface area contributed by atoms with E-state index in [1.807, 2.05) is 0 Å². The molecule has 2 rings (SSSR count).